The molecule has 0 bridgehead atoms. The zero-order chi connectivity index (χ0) is 18.7. The summed E-state index contributed by atoms with van der Waals surface area (Å²) in [6.07, 6.45) is 3.71. The van der Waals surface area contributed by atoms with Gasteiger partial charge in [-0.15, -0.1) is 24.2 Å². The summed E-state index contributed by atoms with van der Waals surface area (Å²) >= 11 is 1.63. The molecule has 2 aromatic heterocycles. The second-order valence-corrected chi connectivity index (χ2v) is 9.34. The van der Waals surface area contributed by atoms with Crippen LogP contribution in [0.2, 0.25) is 0 Å². The number of carbonyl (C=O) groups is 1. The van der Waals surface area contributed by atoms with E-state index in [0.717, 1.165) is 36.8 Å². The van der Waals surface area contributed by atoms with Gasteiger partial charge in [-0.25, -0.2) is 9.67 Å². The van der Waals surface area contributed by atoms with Crippen molar-refractivity contribution < 1.29 is 4.79 Å². The largest absolute Gasteiger partial charge is 0.317 e. The predicted octanol–water partition coefficient (Wildman–Crippen LogP) is 3.24. The number of piperidine rings is 1. The Morgan fingerprint density at radius 3 is 2.70 bits per heavy atom. The van der Waals surface area contributed by atoms with Crippen molar-refractivity contribution in [2.75, 3.05) is 18.4 Å². The molecule has 3 heterocycles. The van der Waals surface area contributed by atoms with Crippen molar-refractivity contribution >= 4 is 36.0 Å². The molecular formula is C18H27ClN6OS. The van der Waals surface area contributed by atoms with Crippen LogP contribution < -0.4 is 10.6 Å². The lowest BCUT2D eigenvalue weighted by atomic mass is 9.98. The molecular weight excluding hydrogens is 384 g/mol. The summed E-state index contributed by atoms with van der Waals surface area (Å²) in [5.41, 5.74) is 0.568. The third kappa shape index (κ3) is 5.92. The second kappa shape index (κ2) is 9.03. The second-order valence-electron chi connectivity index (χ2n) is 7.49. The Morgan fingerprint density at radius 1 is 1.33 bits per heavy atom. The fraction of sp³-hybridized carbons (Fsp3) is 0.556. The first-order valence-corrected chi connectivity index (χ1v) is 9.71. The number of pyridine rings is 1. The normalized spacial score (nSPS) is 15.3. The fourth-order valence-corrected chi connectivity index (χ4v) is 3.79. The first-order chi connectivity index (χ1) is 12.3. The van der Waals surface area contributed by atoms with Crippen LogP contribution in [-0.2, 0) is 7.05 Å². The van der Waals surface area contributed by atoms with E-state index in [1.807, 2.05) is 6.07 Å². The van der Waals surface area contributed by atoms with E-state index in [-0.39, 0.29) is 23.1 Å². The molecule has 2 N–H and O–H groups in total. The number of halogens is 1. The molecule has 1 aliphatic rings. The molecule has 27 heavy (non-hydrogen) atoms. The lowest BCUT2D eigenvalue weighted by Gasteiger charge is -2.19. The summed E-state index contributed by atoms with van der Waals surface area (Å²) < 4.78 is 1.68. The van der Waals surface area contributed by atoms with Crippen LogP contribution >= 0.6 is 24.2 Å². The van der Waals surface area contributed by atoms with Crippen molar-refractivity contribution in [2.45, 2.75) is 49.3 Å². The summed E-state index contributed by atoms with van der Waals surface area (Å²) in [4.78, 5) is 21.5. The zero-order valence-corrected chi connectivity index (χ0v) is 17.8. The van der Waals surface area contributed by atoms with Crippen molar-refractivity contribution in [3.63, 3.8) is 0 Å². The van der Waals surface area contributed by atoms with Gasteiger partial charge in [0.2, 0.25) is 5.95 Å². The van der Waals surface area contributed by atoms with E-state index in [0.29, 0.717) is 17.4 Å². The SMILES string of the molecule is Cl.Cn1nc(C2CCNCC2)nc1NC(=O)c1ccnc(SC(C)(C)C)c1. The topological polar surface area (TPSA) is 84.7 Å². The number of rotatable bonds is 4. The van der Waals surface area contributed by atoms with Crippen LogP contribution in [0, 0.1) is 0 Å². The minimum Gasteiger partial charge on any atom is -0.317 e. The van der Waals surface area contributed by atoms with Gasteiger partial charge in [0.15, 0.2) is 5.82 Å². The van der Waals surface area contributed by atoms with Gasteiger partial charge in [0.05, 0.1) is 5.03 Å². The number of aryl methyl sites for hydroxylation is 1. The molecule has 0 aliphatic carbocycles. The highest BCUT2D eigenvalue weighted by Crippen LogP contribution is 2.30. The van der Waals surface area contributed by atoms with Gasteiger partial charge in [-0.1, -0.05) is 20.8 Å². The monoisotopic (exact) mass is 410 g/mol. The minimum atomic E-state index is -0.199. The Labute approximate surface area is 170 Å². The summed E-state index contributed by atoms with van der Waals surface area (Å²) in [5, 5.41) is 11.5. The van der Waals surface area contributed by atoms with Gasteiger partial charge in [0.1, 0.15) is 0 Å². The molecule has 0 atom stereocenters. The van der Waals surface area contributed by atoms with Gasteiger partial charge >= 0.3 is 0 Å². The number of anilines is 1. The maximum atomic E-state index is 12.6. The van der Waals surface area contributed by atoms with Crippen LogP contribution in [0.15, 0.2) is 23.4 Å². The Kier molecular flexibility index (Phi) is 7.25. The summed E-state index contributed by atoms with van der Waals surface area (Å²) in [7, 11) is 1.81. The van der Waals surface area contributed by atoms with E-state index in [1.165, 1.54) is 0 Å². The number of nitrogens with zero attached hydrogens (tertiary/aromatic N) is 4. The average Bonchev–Trinajstić information content (AvgIpc) is 2.95. The summed E-state index contributed by atoms with van der Waals surface area (Å²) in [5.74, 6) is 1.44. The molecule has 1 aliphatic heterocycles. The van der Waals surface area contributed by atoms with Crippen LogP contribution in [0.3, 0.4) is 0 Å². The van der Waals surface area contributed by atoms with Crippen molar-refractivity contribution in [3.05, 3.63) is 29.7 Å². The van der Waals surface area contributed by atoms with Gasteiger partial charge < -0.3 is 5.32 Å². The van der Waals surface area contributed by atoms with Gasteiger partial charge in [-0.3, -0.25) is 10.1 Å². The molecule has 1 amide bonds. The highest BCUT2D eigenvalue weighted by atomic mass is 35.5. The van der Waals surface area contributed by atoms with Gasteiger partial charge in [0.25, 0.3) is 5.91 Å². The lowest BCUT2D eigenvalue weighted by Crippen LogP contribution is -2.27. The standard InChI is InChI=1S/C18H26N6OS.ClH/c1-18(2,3)26-14-11-13(7-10-20-14)16(25)22-17-21-15(23-24(17)4)12-5-8-19-9-6-12;/h7,10-12,19H,5-6,8-9H2,1-4H3,(H,21,22,23,25);1H. The van der Waals surface area contributed by atoms with E-state index >= 15 is 0 Å². The molecule has 0 unspecified atom stereocenters. The number of amides is 1. The van der Waals surface area contributed by atoms with Crippen molar-refractivity contribution in [1.29, 1.82) is 0 Å². The highest BCUT2D eigenvalue weighted by Gasteiger charge is 2.22. The third-order valence-electron chi connectivity index (χ3n) is 4.12. The average molecular weight is 411 g/mol. The van der Waals surface area contributed by atoms with Gasteiger partial charge in [0, 0.05) is 29.5 Å². The molecule has 0 saturated carbocycles. The van der Waals surface area contributed by atoms with E-state index in [4.69, 9.17) is 0 Å². The number of nitrogens with one attached hydrogen (secondary N) is 2. The molecule has 1 saturated heterocycles. The predicted molar refractivity (Wildman–Crippen MR) is 111 cm³/mol. The summed E-state index contributed by atoms with van der Waals surface area (Å²) in [6, 6.07) is 3.53. The number of thioether (sulfide) groups is 1. The highest BCUT2D eigenvalue weighted by molar-refractivity contribution is 8.00. The molecule has 7 nitrogen and oxygen atoms in total. The first kappa shape index (κ1) is 21.7. The Balaban J connectivity index is 0.00000261. The maximum Gasteiger partial charge on any atom is 0.258 e. The van der Waals surface area contributed by atoms with E-state index in [1.54, 1.807) is 35.8 Å². The molecule has 0 radical (unpaired) electrons. The van der Waals surface area contributed by atoms with E-state index < -0.39 is 0 Å². The van der Waals surface area contributed by atoms with Gasteiger partial charge in [-0.2, -0.15) is 10.1 Å². The van der Waals surface area contributed by atoms with Crippen LogP contribution in [0.25, 0.3) is 0 Å². The quantitative estimate of drug-likeness (QED) is 0.752. The van der Waals surface area contributed by atoms with Crippen LogP contribution in [-0.4, -0.2) is 43.5 Å². The number of hydrogen-bond donors (Lipinski definition) is 2. The Morgan fingerprint density at radius 2 is 2.04 bits per heavy atom. The molecule has 3 rings (SSSR count). The Hall–Kier alpha value is -1.64. The minimum absolute atomic E-state index is 0. The van der Waals surface area contributed by atoms with Crippen LogP contribution in [0.4, 0.5) is 5.95 Å². The molecule has 1 fully saturated rings. The number of aromatic nitrogens is 4. The smallest absolute Gasteiger partial charge is 0.258 e. The zero-order valence-electron chi connectivity index (χ0n) is 16.2. The maximum absolute atomic E-state index is 12.6. The number of hydrogen-bond acceptors (Lipinski definition) is 6. The van der Waals surface area contributed by atoms with Crippen molar-refractivity contribution in [1.82, 2.24) is 25.1 Å². The van der Waals surface area contributed by atoms with E-state index in [9.17, 15) is 4.79 Å². The summed E-state index contributed by atoms with van der Waals surface area (Å²) in [6.45, 7) is 8.32. The van der Waals surface area contributed by atoms with Crippen molar-refractivity contribution in [2.24, 2.45) is 7.05 Å². The number of carbonyl (C=O) groups excluding carboxylic acids is 1. The third-order valence-corrected chi connectivity index (χ3v) is 5.16. The van der Waals surface area contributed by atoms with Gasteiger partial charge in [-0.05, 0) is 38.1 Å². The van der Waals surface area contributed by atoms with Crippen LogP contribution in [0.5, 0.6) is 0 Å². The fourth-order valence-electron chi connectivity index (χ4n) is 2.86. The molecule has 0 spiro atoms. The molecule has 9 heteroatoms. The molecule has 148 valence electrons. The molecule has 2 aromatic rings. The molecule has 0 aromatic carbocycles. The van der Waals surface area contributed by atoms with Crippen molar-refractivity contribution in [3.8, 4) is 0 Å². The first-order valence-electron chi connectivity index (χ1n) is 8.90. The Bertz CT molecular complexity index is 782. The van der Waals surface area contributed by atoms with Crippen LogP contribution in [0.1, 0.15) is 55.7 Å². The lowest BCUT2D eigenvalue weighted by molar-refractivity contribution is 0.102. The van der Waals surface area contributed by atoms with E-state index in [2.05, 4.69) is 46.5 Å².